The van der Waals surface area contributed by atoms with Gasteiger partial charge in [0.15, 0.2) is 12.2 Å². The van der Waals surface area contributed by atoms with Crippen LogP contribution in [-0.4, -0.2) is 35.0 Å². The van der Waals surface area contributed by atoms with Crippen LogP contribution in [-0.2, 0) is 33.4 Å². The maximum atomic E-state index is 13.7. The molecule has 0 amide bonds. The lowest BCUT2D eigenvalue weighted by Gasteiger charge is -2.21. The number of aryl methyl sites for hydroxylation is 2. The van der Waals surface area contributed by atoms with Gasteiger partial charge in [0.2, 0.25) is 0 Å². The minimum absolute atomic E-state index is 0.113. The van der Waals surface area contributed by atoms with Crippen molar-refractivity contribution in [3.8, 4) is 23.7 Å². The molecule has 7 nitrogen and oxygen atoms in total. The molecule has 0 aliphatic carbocycles. The molecule has 0 aliphatic rings. The molecule has 0 aromatic heterocycles. The van der Waals surface area contributed by atoms with Crippen LogP contribution in [0.1, 0.15) is 45.6 Å². The number of hydrogen-bond donors (Lipinski definition) is 0. The summed E-state index contributed by atoms with van der Waals surface area (Å²) in [6.45, 7) is 3.30. The third-order valence-corrected chi connectivity index (χ3v) is 9.32. The number of benzene rings is 4. The van der Waals surface area contributed by atoms with E-state index in [2.05, 4.69) is 32.0 Å². The molecule has 4 aromatic rings. The lowest BCUT2D eigenvalue weighted by molar-refractivity contribution is -0.197. The second-order valence-electron chi connectivity index (χ2n) is 10.6. The summed E-state index contributed by atoms with van der Waals surface area (Å²) in [6, 6.07) is 18.4. The standard InChI is InChI=1S/C35H24F6O7S2/c1-23-3-13-27(14-4-23)32(34(36,37)38)47-49(43,44)30-19-9-25(10-20-30)7-17-29(42)18-8-26-11-21-31(22-12-26)50(45,46)48-33(35(39,40)41)28-15-5-24(2)6-16-28/h3-6,9-16,19-22,32-33H,1-2H3. The topological polar surface area (TPSA) is 104 Å². The minimum atomic E-state index is -5.04. The van der Waals surface area contributed by atoms with E-state index in [0.717, 1.165) is 72.8 Å². The second kappa shape index (κ2) is 14.9. The Balaban J connectivity index is 1.42. The molecule has 2 unspecified atom stereocenters. The molecule has 0 saturated heterocycles. The minimum Gasteiger partial charge on any atom is -0.270 e. The number of carbonyl (C=O) groups excluding carboxylic acids is 1. The SMILES string of the molecule is Cc1ccc(C(OS(=O)(=O)c2ccc(C#CC(=O)C#Cc3ccc(S(=O)(=O)OC(c4ccc(C)cc4)C(F)(F)F)cc3)cc2)C(F)(F)F)cc1. The maximum Gasteiger partial charge on any atom is 0.420 e. The van der Waals surface area contributed by atoms with E-state index in [1.54, 1.807) is 13.8 Å². The first-order valence-electron chi connectivity index (χ1n) is 14.2. The molecule has 0 fully saturated rings. The van der Waals surface area contributed by atoms with Crippen molar-refractivity contribution in [3.63, 3.8) is 0 Å². The monoisotopic (exact) mass is 734 g/mol. The Morgan fingerprint density at radius 1 is 0.540 bits per heavy atom. The Morgan fingerprint density at radius 2 is 0.840 bits per heavy atom. The largest absolute Gasteiger partial charge is 0.420 e. The van der Waals surface area contributed by atoms with E-state index in [0.29, 0.717) is 11.1 Å². The van der Waals surface area contributed by atoms with Crippen molar-refractivity contribution < 1.29 is 56.3 Å². The number of carbonyl (C=O) groups is 1. The van der Waals surface area contributed by atoms with Crippen molar-refractivity contribution in [1.82, 2.24) is 0 Å². The Kier molecular flexibility index (Phi) is 11.3. The quantitative estimate of drug-likeness (QED) is 0.106. The molecule has 0 radical (unpaired) electrons. The molecule has 0 heterocycles. The number of ketones is 1. The normalized spacial score (nSPS) is 13.3. The summed E-state index contributed by atoms with van der Waals surface area (Å²) in [5.74, 6) is 8.30. The van der Waals surface area contributed by atoms with E-state index < -0.39 is 71.5 Å². The molecule has 0 spiro atoms. The van der Waals surface area contributed by atoms with Crippen LogP contribution in [0.2, 0.25) is 0 Å². The Labute approximate surface area is 284 Å². The highest BCUT2D eigenvalue weighted by atomic mass is 32.2. The first kappa shape index (κ1) is 37.9. The molecule has 15 heteroatoms. The molecular weight excluding hydrogens is 711 g/mol. The summed E-state index contributed by atoms with van der Waals surface area (Å²) in [7, 11) is -9.76. The summed E-state index contributed by atoms with van der Waals surface area (Å²) in [6.07, 6.45) is -15.6. The number of halogens is 6. The third kappa shape index (κ3) is 10.1. The predicted octanol–water partition coefficient (Wildman–Crippen LogP) is 7.29. The van der Waals surface area contributed by atoms with Crippen LogP contribution in [0.4, 0.5) is 26.3 Å². The lowest BCUT2D eigenvalue weighted by Crippen LogP contribution is -2.26. The van der Waals surface area contributed by atoms with E-state index in [-0.39, 0.29) is 11.1 Å². The van der Waals surface area contributed by atoms with Crippen molar-refractivity contribution >= 4 is 26.0 Å². The maximum absolute atomic E-state index is 13.7. The predicted molar refractivity (Wildman–Crippen MR) is 168 cm³/mol. The molecular formula is C35H24F6O7S2. The van der Waals surface area contributed by atoms with Crippen molar-refractivity contribution in [2.75, 3.05) is 0 Å². The van der Waals surface area contributed by atoms with Gasteiger partial charge in [0.25, 0.3) is 26.0 Å². The molecule has 0 saturated carbocycles. The van der Waals surface area contributed by atoms with Crippen LogP contribution in [0.3, 0.4) is 0 Å². The van der Waals surface area contributed by atoms with Crippen LogP contribution in [0.15, 0.2) is 107 Å². The van der Waals surface area contributed by atoms with Crippen molar-refractivity contribution in [1.29, 1.82) is 0 Å². The average molecular weight is 735 g/mol. The zero-order valence-electron chi connectivity index (χ0n) is 25.8. The summed E-state index contributed by atoms with van der Waals surface area (Å²) < 4.78 is 142. The van der Waals surface area contributed by atoms with Crippen molar-refractivity contribution in [2.45, 2.75) is 48.2 Å². The lowest BCUT2D eigenvalue weighted by atomic mass is 10.1. The smallest absolute Gasteiger partial charge is 0.270 e. The number of hydrogen-bond acceptors (Lipinski definition) is 7. The van der Waals surface area contributed by atoms with Gasteiger partial charge < -0.3 is 0 Å². The van der Waals surface area contributed by atoms with Crippen LogP contribution in [0.25, 0.3) is 0 Å². The first-order valence-corrected chi connectivity index (χ1v) is 17.0. The van der Waals surface area contributed by atoms with Crippen LogP contribution < -0.4 is 0 Å². The fourth-order valence-corrected chi connectivity index (χ4v) is 6.25. The van der Waals surface area contributed by atoms with Crippen molar-refractivity contribution in [2.24, 2.45) is 0 Å². The summed E-state index contributed by atoms with van der Waals surface area (Å²) in [5.41, 5.74) is 0.738. The Bertz CT molecular complexity index is 2030. The Hall–Kier alpha value is -4.93. The van der Waals surface area contributed by atoms with E-state index >= 15 is 0 Å². The molecule has 0 N–H and O–H groups in total. The van der Waals surface area contributed by atoms with Gasteiger partial charge in [0, 0.05) is 11.1 Å². The zero-order valence-corrected chi connectivity index (χ0v) is 27.5. The first-order chi connectivity index (χ1) is 23.2. The van der Waals surface area contributed by atoms with Gasteiger partial charge in [-0.05, 0) is 85.3 Å². The van der Waals surface area contributed by atoms with Gasteiger partial charge >= 0.3 is 12.4 Å². The van der Waals surface area contributed by atoms with Gasteiger partial charge in [0.05, 0.1) is 9.79 Å². The fraction of sp³-hybridized carbons (Fsp3) is 0.171. The number of Topliss-reactive ketones (excluding diaryl/α,β-unsaturated/α-hetero) is 1. The summed E-state index contributed by atoms with van der Waals surface area (Å²) >= 11 is 0. The van der Waals surface area contributed by atoms with E-state index in [1.807, 2.05) is 0 Å². The highest BCUT2D eigenvalue weighted by Crippen LogP contribution is 2.39. The molecule has 260 valence electrons. The molecule has 4 rings (SSSR count). The van der Waals surface area contributed by atoms with Gasteiger partial charge in [-0.25, -0.2) is 8.37 Å². The van der Waals surface area contributed by atoms with Gasteiger partial charge in [-0.2, -0.15) is 43.2 Å². The van der Waals surface area contributed by atoms with Crippen LogP contribution >= 0.6 is 0 Å². The zero-order chi connectivity index (χ0) is 36.9. The highest BCUT2D eigenvalue weighted by molar-refractivity contribution is 7.87. The molecule has 2 atom stereocenters. The molecule has 0 aliphatic heterocycles. The van der Waals surface area contributed by atoms with Gasteiger partial charge in [0.1, 0.15) is 0 Å². The van der Waals surface area contributed by atoms with E-state index in [1.165, 1.54) is 24.3 Å². The Morgan fingerprint density at radius 3 is 1.12 bits per heavy atom. The average Bonchev–Trinajstić information content (AvgIpc) is 3.05. The van der Waals surface area contributed by atoms with Crippen LogP contribution in [0.5, 0.6) is 0 Å². The number of rotatable bonds is 8. The van der Waals surface area contributed by atoms with Crippen molar-refractivity contribution in [3.05, 3.63) is 130 Å². The highest BCUT2D eigenvalue weighted by Gasteiger charge is 2.46. The number of alkyl halides is 6. The van der Waals surface area contributed by atoms with Gasteiger partial charge in [-0.1, -0.05) is 71.5 Å². The van der Waals surface area contributed by atoms with Crippen LogP contribution in [0, 0.1) is 37.5 Å². The summed E-state index contributed by atoms with van der Waals surface area (Å²) in [5, 5.41) is 0. The van der Waals surface area contributed by atoms with Gasteiger partial charge in [-0.15, -0.1) is 0 Å². The molecule has 4 aromatic carbocycles. The van der Waals surface area contributed by atoms with E-state index in [9.17, 15) is 48.0 Å². The summed E-state index contributed by atoms with van der Waals surface area (Å²) in [4.78, 5) is 11.0. The van der Waals surface area contributed by atoms with Gasteiger partial charge in [-0.3, -0.25) is 4.79 Å². The van der Waals surface area contributed by atoms with E-state index in [4.69, 9.17) is 0 Å². The third-order valence-electron chi connectivity index (χ3n) is 6.73. The fourth-order valence-electron chi connectivity index (χ4n) is 4.14. The second-order valence-corrected chi connectivity index (χ2v) is 13.8. The molecule has 0 bridgehead atoms. The molecule has 50 heavy (non-hydrogen) atoms.